The van der Waals surface area contributed by atoms with Gasteiger partial charge < -0.3 is 4.74 Å². The van der Waals surface area contributed by atoms with Gasteiger partial charge in [0.2, 0.25) is 5.60 Å². The Morgan fingerprint density at radius 2 is 1.64 bits per heavy atom. The lowest BCUT2D eigenvalue weighted by Gasteiger charge is -2.29. The maximum atomic E-state index is 13.9. The van der Waals surface area contributed by atoms with Gasteiger partial charge in [-0.2, -0.15) is 13.2 Å². The first-order chi connectivity index (χ1) is 12.8. The molecule has 148 valence electrons. The third kappa shape index (κ3) is 3.48. The normalized spacial score (nSPS) is 20.4. The van der Waals surface area contributed by atoms with Crippen molar-refractivity contribution in [2.24, 2.45) is 0 Å². The molecule has 0 saturated heterocycles. The fourth-order valence-corrected chi connectivity index (χ4v) is 4.05. The van der Waals surface area contributed by atoms with E-state index in [0.717, 1.165) is 13.2 Å². The molecule has 0 bridgehead atoms. The van der Waals surface area contributed by atoms with Crippen molar-refractivity contribution in [1.82, 2.24) is 0 Å². The van der Waals surface area contributed by atoms with Crippen molar-refractivity contribution in [1.29, 1.82) is 0 Å². The average molecular weight is 475 g/mol. The first kappa shape index (κ1) is 20.6. The third-order valence-electron chi connectivity index (χ3n) is 4.45. The summed E-state index contributed by atoms with van der Waals surface area (Å²) in [7, 11) is -3.53. The van der Waals surface area contributed by atoms with E-state index >= 15 is 0 Å². The summed E-state index contributed by atoms with van der Waals surface area (Å²) in [5.74, 6) is -1.10. The maximum absolute atomic E-state index is 13.9. The van der Waals surface area contributed by atoms with Crippen molar-refractivity contribution >= 4 is 42.9 Å². The van der Waals surface area contributed by atoms with Crippen molar-refractivity contribution in [3.05, 3.63) is 64.1 Å². The van der Waals surface area contributed by atoms with Gasteiger partial charge in [-0.15, -0.1) is 0 Å². The van der Waals surface area contributed by atoms with E-state index in [1.165, 1.54) is 36.4 Å². The second kappa shape index (κ2) is 6.73. The van der Waals surface area contributed by atoms with Gasteiger partial charge in [0, 0.05) is 16.3 Å². The Morgan fingerprint density at radius 1 is 1.04 bits per heavy atom. The molecule has 1 heterocycles. The molecule has 3 rings (SSSR count). The van der Waals surface area contributed by atoms with Crippen LogP contribution in [0.3, 0.4) is 0 Å². The molecule has 4 nitrogen and oxygen atoms in total. The lowest BCUT2D eigenvalue weighted by Crippen LogP contribution is -2.43. The van der Waals surface area contributed by atoms with Crippen LogP contribution >= 0.6 is 15.9 Å². The smallest absolute Gasteiger partial charge is 0.432 e. The van der Waals surface area contributed by atoms with Crippen LogP contribution < -0.4 is 0 Å². The van der Waals surface area contributed by atoms with Crippen LogP contribution in [0.1, 0.15) is 18.1 Å². The number of halogens is 4. The van der Waals surface area contributed by atoms with Crippen molar-refractivity contribution in [3.8, 4) is 0 Å². The van der Waals surface area contributed by atoms with E-state index in [0.29, 0.717) is 4.47 Å². The molecule has 9 heteroatoms. The van der Waals surface area contributed by atoms with Crippen LogP contribution in [0.4, 0.5) is 13.2 Å². The number of sulfone groups is 1. The summed E-state index contributed by atoms with van der Waals surface area (Å²) < 4.78 is 70.3. The second-order valence-corrected chi connectivity index (χ2v) is 9.41. The number of esters is 1. The molecule has 1 aliphatic heterocycles. The van der Waals surface area contributed by atoms with Gasteiger partial charge in [-0.3, -0.25) is 0 Å². The molecule has 0 saturated carbocycles. The Bertz CT molecular complexity index is 1090. The number of carbonyl (C=O) groups excluding carboxylic acids is 1. The molecule has 1 aliphatic rings. The molecule has 0 amide bonds. The largest absolute Gasteiger partial charge is 0.441 e. The number of carbonyl (C=O) groups is 1. The Kier molecular flexibility index (Phi) is 4.95. The molecule has 0 spiro atoms. The van der Waals surface area contributed by atoms with E-state index in [1.54, 1.807) is 12.1 Å². The molecular weight excluding hydrogens is 461 g/mol. The minimum absolute atomic E-state index is 0.0418. The van der Waals surface area contributed by atoms with Gasteiger partial charge in [-0.25, -0.2) is 13.2 Å². The monoisotopic (exact) mass is 474 g/mol. The Balaban J connectivity index is 2.31. The fourth-order valence-electron chi connectivity index (χ4n) is 3.02. The summed E-state index contributed by atoms with van der Waals surface area (Å²) in [5.41, 5.74) is -3.13. The molecule has 0 aromatic heterocycles. The number of rotatable bonds is 3. The van der Waals surface area contributed by atoms with Gasteiger partial charge in [0.15, 0.2) is 9.84 Å². The first-order valence-electron chi connectivity index (χ1n) is 7.96. The lowest BCUT2D eigenvalue weighted by atomic mass is 9.85. The van der Waals surface area contributed by atoms with Crippen molar-refractivity contribution in [3.63, 3.8) is 0 Å². The molecule has 28 heavy (non-hydrogen) atoms. The summed E-state index contributed by atoms with van der Waals surface area (Å²) in [6, 6.07) is 11.2. The van der Waals surface area contributed by atoms with Gasteiger partial charge in [0.05, 0.1) is 10.5 Å². The fraction of sp³-hybridized carbons (Fsp3) is 0.211. The van der Waals surface area contributed by atoms with Gasteiger partial charge in [-0.1, -0.05) is 40.2 Å². The minimum Gasteiger partial charge on any atom is -0.441 e. The zero-order valence-corrected chi connectivity index (χ0v) is 17.1. The lowest BCUT2D eigenvalue weighted by molar-refractivity contribution is -0.235. The summed E-state index contributed by atoms with van der Waals surface area (Å²) in [6.45, 7) is 0.787. The number of ether oxygens (including phenoxy) is 1. The van der Waals surface area contributed by atoms with Gasteiger partial charge >= 0.3 is 12.1 Å². The van der Waals surface area contributed by atoms with Crippen LogP contribution in [-0.4, -0.2) is 32.4 Å². The van der Waals surface area contributed by atoms with Gasteiger partial charge in [0.25, 0.3) is 0 Å². The van der Waals surface area contributed by atoms with E-state index < -0.39 is 27.6 Å². The molecule has 0 radical (unpaired) electrons. The van der Waals surface area contributed by atoms with Crippen LogP contribution in [0.2, 0.25) is 0 Å². The molecule has 0 aliphatic carbocycles. The third-order valence-corrected chi connectivity index (χ3v) is 6.08. The molecule has 0 N–H and O–H groups in total. The maximum Gasteiger partial charge on any atom is 0.432 e. The molecule has 2 aromatic rings. The minimum atomic E-state index is -4.87. The number of hydrogen-bond donors (Lipinski definition) is 0. The topological polar surface area (TPSA) is 60.4 Å². The summed E-state index contributed by atoms with van der Waals surface area (Å²) >= 11 is 3.24. The van der Waals surface area contributed by atoms with Crippen LogP contribution in [0.15, 0.2) is 57.9 Å². The second-order valence-electron chi connectivity index (χ2n) is 6.48. The molecule has 0 fully saturated rings. The molecule has 1 unspecified atom stereocenters. The highest BCUT2D eigenvalue weighted by atomic mass is 79.9. The highest BCUT2D eigenvalue weighted by molar-refractivity contribution is 9.10. The zero-order valence-electron chi connectivity index (χ0n) is 14.7. The SMILES string of the molecule is CC1(C(F)(F)F)OC(=O)C(c2cccc(Br)c2)=C1c1ccc(S(C)(=O)=O)cc1. The van der Waals surface area contributed by atoms with Gasteiger partial charge in [-0.05, 0) is 42.3 Å². The Hall–Kier alpha value is -2.13. The highest BCUT2D eigenvalue weighted by Gasteiger charge is 2.62. The molecule has 1 atom stereocenters. The predicted molar refractivity (Wildman–Crippen MR) is 101 cm³/mol. The standard InChI is InChI=1S/C19H14BrF3O4S/c1-18(19(21,22)23)16(11-6-8-14(9-7-11)28(2,25)26)15(17(24)27-18)12-4-3-5-13(20)10-12/h3-10H,1-2H3. The van der Waals surface area contributed by atoms with Crippen LogP contribution in [-0.2, 0) is 19.4 Å². The zero-order chi connectivity index (χ0) is 20.9. The number of hydrogen-bond acceptors (Lipinski definition) is 4. The summed E-state index contributed by atoms with van der Waals surface area (Å²) in [5, 5.41) is 0. The number of benzene rings is 2. The average Bonchev–Trinajstić information content (AvgIpc) is 2.85. The van der Waals surface area contributed by atoms with E-state index in [2.05, 4.69) is 15.9 Å². The van der Waals surface area contributed by atoms with Gasteiger partial charge in [0.1, 0.15) is 0 Å². The van der Waals surface area contributed by atoms with Crippen LogP contribution in [0, 0.1) is 0 Å². The molecule has 2 aromatic carbocycles. The van der Waals surface area contributed by atoms with Crippen molar-refractivity contribution < 1.29 is 31.1 Å². The van der Waals surface area contributed by atoms with Crippen LogP contribution in [0.25, 0.3) is 11.1 Å². The van der Waals surface area contributed by atoms with E-state index in [4.69, 9.17) is 4.74 Å². The molecular formula is C19H14BrF3O4S. The predicted octanol–water partition coefficient (Wildman–Crippen LogP) is 4.64. The summed E-state index contributed by atoms with van der Waals surface area (Å²) in [4.78, 5) is 12.4. The van der Waals surface area contributed by atoms with Crippen LogP contribution in [0.5, 0.6) is 0 Å². The summed E-state index contributed by atoms with van der Waals surface area (Å²) in [6.07, 6.45) is -3.88. The van der Waals surface area contributed by atoms with E-state index in [-0.39, 0.29) is 27.2 Å². The van der Waals surface area contributed by atoms with E-state index in [9.17, 15) is 26.4 Å². The van der Waals surface area contributed by atoms with Crippen molar-refractivity contribution in [2.75, 3.05) is 6.26 Å². The van der Waals surface area contributed by atoms with E-state index in [1.807, 2.05) is 0 Å². The quantitative estimate of drug-likeness (QED) is 0.607. The van der Waals surface area contributed by atoms with Crippen molar-refractivity contribution in [2.45, 2.75) is 23.6 Å². The Labute approximate surface area is 168 Å². The first-order valence-corrected chi connectivity index (χ1v) is 10.6. The number of cyclic esters (lactones) is 1. The highest BCUT2D eigenvalue weighted by Crippen LogP contribution is 2.51. The Morgan fingerprint density at radius 3 is 2.14 bits per heavy atom. The number of alkyl halides is 3.